The number of rotatable bonds is 5. The van der Waals surface area contributed by atoms with Crippen LogP contribution in [0.4, 0.5) is 0 Å². The lowest BCUT2D eigenvalue weighted by Crippen LogP contribution is -2.44. The Morgan fingerprint density at radius 2 is 1.74 bits per heavy atom. The molecule has 0 unspecified atom stereocenters. The van der Waals surface area contributed by atoms with Crippen LogP contribution in [0.3, 0.4) is 0 Å². The van der Waals surface area contributed by atoms with Crippen LogP contribution in [0, 0.1) is 0 Å². The van der Waals surface area contributed by atoms with Gasteiger partial charge in [-0.25, -0.2) is 0 Å². The lowest BCUT2D eigenvalue weighted by molar-refractivity contribution is -0.124. The van der Waals surface area contributed by atoms with Crippen LogP contribution in [-0.2, 0) is 4.79 Å². The molecule has 1 saturated heterocycles. The summed E-state index contributed by atoms with van der Waals surface area (Å²) >= 11 is 0. The van der Waals surface area contributed by atoms with Gasteiger partial charge in [0.2, 0.25) is 5.91 Å². The summed E-state index contributed by atoms with van der Waals surface area (Å²) in [5, 5.41) is 3.02. The predicted octanol–water partition coefficient (Wildman–Crippen LogP) is 3.14. The molecule has 2 aromatic carbocycles. The molecule has 1 heterocycles. The number of amides is 1. The summed E-state index contributed by atoms with van der Waals surface area (Å²) in [6, 6.07) is 17.7. The first kappa shape index (κ1) is 15.4. The molecule has 0 spiro atoms. The SMILES string of the molecule is COc1ccc(OC[C@@H]2C[C@@H](c3ccccc3)CC(=O)N2)cc1. The molecule has 3 rings (SSSR count). The minimum absolute atomic E-state index is 0.0311. The number of hydrogen-bond acceptors (Lipinski definition) is 3. The Labute approximate surface area is 136 Å². The number of carbonyl (C=O) groups excluding carboxylic acids is 1. The molecule has 23 heavy (non-hydrogen) atoms. The number of hydrogen-bond donors (Lipinski definition) is 1. The second-order valence-corrected chi connectivity index (χ2v) is 5.80. The van der Waals surface area contributed by atoms with Crippen LogP contribution in [0.5, 0.6) is 11.5 Å². The van der Waals surface area contributed by atoms with Crippen molar-refractivity contribution in [1.82, 2.24) is 5.32 Å². The molecular weight excluding hydrogens is 290 g/mol. The fraction of sp³-hybridized carbons (Fsp3) is 0.316. The number of carbonyl (C=O) groups is 1. The van der Waals surface area contributed by atoms with Crippen molar-refractivity contribution in [2.75, 3.05) is 13.7 Å². The van der Waals surface area contributed by atoms with E-state index in [4.69, 9.17) is 9.47 Å². The monoisotopic (exact) mass is 311 g/mol. The third-order valence-electron chi connectivity index (χ3n) is 4.15. The average molecular weight is 311 g/mol. The van der Waals surface area contributed by atoms with Gasteiger partial charge < -0.3 is 14.8 Å². The second-order valence-electron chi connectivity index (χ2n) is 5.80. The standard InChI is InChI=1S/C19H21NO3/c1-22-17-7-9-18(10-8-17)23-13-16-11-15(12-19(21)20-16)14-5-3-2-4-6-14/h2-10,15-16H,11-13H2,1H3,(H,20,21)/t15-,16+/m1/s1. The van der Waals surface area contributed by atoms with E-state index in [1.807, 2.05) is 42.5 Å². The van der Waals surface area contributed by atoms with Crippen LogP contribution >= 0.6 is 0 Å². The first-order valence-electron chi connectivity index (χ1n) is 7.86. The minimum atomic E-state index is 0.0311. The molecule has 0 bridgehead atoms. The normalized spacial score (nSPS) is 20.7. The summed E-state index contributed by atoms with van der Waals surface area (Å²) in [4.78, 5) is 12.0. The highest BCUT2D eigenvalue weighted by atomic mass is 16.5. The van der Waals surface area contributed by atoms with Gasteiger partial charge in [0, 0.05) is 6.42 Å². The van der Waals surface area contributed by atoms with E-state index >= 15 is 0 Å². The largest absolute Gasteiger partial charge is 0.497 e. The first-order chi connectivity index (χ1) is 11.2. The number of benzene rings is 2. The smallest absolute Gasteiger partial charge is 0.220 e. The van der Waals surface area contributed by atoms with Gasteiger partial charge >= 0.3 is 0 Å². The highest BCUT2D eigenvalue weighted by Crippen LogP contribution is 2.28. The molecule has 1 aliphatic heterocycles. The molecule has 4 nitrogen and oxygen atoms in total. The van der Waals surface area contributed by atoms with Crippen molar-refractivity contribution >= 4 is 5.91 Å². The number of nitrogens with one attached hydrogen (secondary N) is 1. The number of ether oxygens (including phenoxy) is 2. The van der Waals surface area contributed by atoms with E-state index in [9.17, 15) is 4.79 Å². The van der Waals surface area contributed by atoms with Gasteiger partial charge in [-0.05, 0) is 42.2 Å². The molecule has 1 fully saturated rings. The van der Waals surface area contributed by atoms with Gasteiger partial charge in [-0.1, -0.05) is 30.3 Å². The third-order valence-corrected chi connectivity index (χ3v) is 4.15. The second kappa shape index (κ2) is 7.18. The summed E-state index contributed by atoms with van der Waals surface area (Å²) in [7, 11) is 1.64. The molecule has 2 atom stereocenters. The van der Waals surface area contributed by atoms with Gasteiger partial charge in [-0.15, -0.1) is 0 Å². The van der Waals surface area contributed by atoms with Crippen molar-refractivity contribution in [2.24, 2.45) is 0 Å². The van der Waals surface area contributed by atoms with Gasteiger partial charge in [0.05, 0.1) is 13.2 Å². The Morgan fingerprint density at radius 3 is 2.43 bits per heavy atom. The summed E-state index contributed by atoms with van der Waals surface area (Å²) in [5.41, 5.74) is 1.22. The Bertz CT molecular complexity index is 639. The van der Waals surface area contributed by atoms with Crippen LogP contribution in [0.15, 0.2) is 54.6 Å². The fourth-order valence-electron chi connectivity index (χ4n) is 2.95. The van der Waals surface area contributed by atoms with E-state index < -0.39 is 0 Å². The fourth-order valence-corrected chi connectivity index (χ4v) is 2.95. The van der Waals surface area contributed by atoms with E-state index in [-0.39, 0.29) is 17.9 Å². The molecule has 0 aliphatic carbocycles. The van der Waals surface area contributed by atoms with E-state index in [1.165, 1.54) is 5.56 Å². The van der Waals surface area contributed by atoms with E-state index in [1.54, 1.807) is 7.11 Å². The number of piperidine rings is 1. The van der Waals surface area contributed by atoms with Crippen molar-refractivity contribution in [3.63, 3.8) is 0 Å². The van der Waals surface area contributed by atoms with Crippen molar-refractivity contribution in [1.29, 1.82) is 0 Å². The zero-order valence-electron chi connectivity index (χ0n) is 13.2. The molecule has 1 aliphatic rings. The van der Waals surface area contributed by atoms with Crippen LogP contribution in [0.2, 0.25) is 0 Å². The molecular formula is C19H21NO3. The summed E-state index contributed by atoms with van der Waals surface area (Å²) in [6.45, 7) is 0.474. The minimum Gasteiger partial charge on any atom is -0.497 e. The maximum Gasteiger partial charge on any atom is 0.220 e. The molecule has 2 aromatic rings. The predicted molar refractivity (Wildman–Crippen MR) is 88.8 cm³/mol. The van der Waals surface area contributed by atoms with Crippen molar-refractivity contribution in [2.45, 2.75) is 24.8 Å². The van der Waals surface area contributed by atoms with E-state index in [0.717, 1.165) is 17.9 Å². The summed E-state index contributed by atoms with van der Waals surface area (Å²) in [6.07, 6.45) is 1.44. The van der Waals surface area contributed by atoms with Crippen LogP contribution < -0.4 is 14.8 Å². The first-order valence-corrected chi connectivity index (χ1v) is 7.86. The molecule has 0 saturated carbocycles. The Balaban J connectivity index is 1.59. The van der Waals surface area contributed by atoms with E-state index in [0.29, 0.717) is 13.0 Å². The molecule has 120 valence electrons. The van der Waals surface area contributed by atoms with Crippen molar-refractivity contribution < 1.29 is 14.3 Å². The third kappa shape index (κ3) is 4.03. The molecule has 1 N–H and O–H groups in total. The van der Waals surface area contributed by atoms with Gasteiger partial charge in [0.25, 0.3) is 0 Å². The van der Waals surface area contributed by atoms with Crippen LogP contribution in [-0.4, -0.2) is 25.7 Å². The Kier molecular flexibility index (Phi) is 4.81. The Morgan fingerprint density at radius 1 is 1.04 bits per heavy atom. The molecule has 0 radical (unpaired) electrons. The number of methoxy groups -OCH3 is 1. The van der Waals surface area contributed by atoms with Crippen LogP contribution in [0.1, 0.15) is 24.3 Å². The Hall–Kier alpha value is -2.49. The highest BCUT2D eigenvalue weighted by molar-refractivity contribution is 5.78. The van der Waals surface area contributed by atoms with Gasteiger partial charge in [-0.2, -0.15) is 0 Å². The summed E-state index contributed by atoms with van der Waals surface area (Å²) in [5.74, 6) is 1.93. The highest BCUT2D eigenvalue weighted by Gasteiger charge is 2.27. The molecule has 0 aromatic heterocycles. The maximum absolute atomic E-state index is 12.0. The van der Waals surface area contributed by atoms with Gasteiger partial charge in [0.1, 0.15) is 18.1 Å². The maximum atomic E-state index is 12.0. The lowest BCUT2D eigenvalue weighted by Gasteiger charge is -2.30. The van der Waals surface area contributed by atoms with Crippen molar-refractivity contribution in [3.05, 3.63) is 60.2 Å². The average Bonchev–Trinajstić information content (AvgIpc) is 2.61. The van der Waals surface area contributed by atoms with Gasteiger partial charge in [0.15, 0.2) is 0 Å². The molecule has 1 amide bonds. The quantitative estimate of drug-likeness (QED) is 0.923. The van der Waals surface area contributed by atoms with E-state index in [2.05, 4.69) is 17.4 Å². The molecule has 4 heteroatoms. The zero-order chi connectivity index (χ0) is 16.1. The van der Waals surface area contributed by atoms with Crippen molar-refractivity contribution in [3.8, 4) is 11.5 Å². The zero-order valence-corrected chi connectivity index (χ0v) is 13.2. The summed E-state index contributed by atoms with van der Waals surface area (Å²) < 4.78 is 10.9. The lowest BCUT2D eigenvalue weighted by atomic mass is 9.86. The topological polar surface area (TPSA) is 47.6 Å². The van der Waals surface area contributed by atoms with Gasteiger partial charge in [-0.3, -0.25) is 4.79 Å². The van der Waals surface area contributed by atoms with Crippen LogP contribution in [0.25, 0.3) is 0 Å².